The minimum absolute atomic E-state index is 0.918. The van der Waals surface area contributed by atoms with Crippen molar-refractivity contribution in [3.05, 3.63) is 0 Å². The average molecular weight is 193 g/mol. The van der Waals surface area contributed by atoms with Crippen LogP contribution in [0.2, 0.25) is 0 Å². The van der Waals surface area contributed by atoms with Gasteiger partial charge in [-0.2, -0.15) is 0 Å². The van der Waals surface area contributed by atoms with E-state index in [0.29, 0.717) is 0 Å². The van der Waals surface area contributed by atoms with Crippen LogP contribution in [0.4, 0.5) is 0 Å². The summed E-state index contributed by atoms with van der Waals surface area (Å²) in [5, 5.41) is 3.95. The lowest BCUT2D eigenvalue weighted by molar-refractivity contribution is 0.402. The number of nitrogens with one attached hydrogen (secondary N) is 1. The van der Waals surface area contributed by atoms with Gasteiger partial charge in [-0.3, -0.25) is 0 Å². The minimum Gasteiger partial charge on any atom is -0.310 e. The van der Waals surface area contributed by atoms with Crippen LogP contribution in [0.25, 0.3) is 0 Å². The van der Waals surface area contributed by atoms with Gasteiger partial charge in [0.25, 0.3) is 0 Å². The summed E-state index contributed by atoms with van der Waals surface area (Å²) >= 11 is 0. The third kappa shape index (κ3) is 1.98. The Bertz CT molecular complexity index is 193. The van der Waals surface area contributed by atoms with Crippen LogP contribution < -0.4 is 5.32 Å². The fourth-order valence-corrected chi connectivity index (χ4v) is 2.96. The number of hydrogen-bond acceptors (Lipinski definition) is 1. The summed E-state index contributed by atoms with van der Waals surface area (Å²) in [6.45, 7) is 2.31. The Kier molecular flexibility index (Phi) is 2.31. The normalized spacial score (nSPS) is 36.4. The van der Waals surface area contributed by atoms with Crippen molar-refractivity contribution in [2.24, 2.45) is 17.8 Å². The van der Waals surface area contributed by atoms with Crippen molar-refractivity contribution < 1.29 is 0 Å². The number of rotatable bonds is 6. The van der Waals surface area contributed by atoms with Crippen molar-refractivity contribution in [2.45, 2.75) is 64.0 Å². The molecule has 1 heteroatoms. The second-order valence-electron chi connectivity index (χ2n) is 5.76. The van der Waals surface area contributed by atoms with Gasteiger partial charge in [0.05, 0.1) is 0 Å². The first kappa shape index (κ1) is 9.21. The van der Waals surface area contributed by atoms with Crippen LogP contribution in [-0.2, 0) is 0 Å². The molecule has 0 aliphatic heterocycles. The zero-order valence-corrected chi connectivity index (χ0v) is 9.34. The molecule has 0 heterocycles. The first-order valence-corrected chi connectivity index (χ1v) is 6.64. The van der Waals surface area contributed by atoms with Crippen molar-refractivity contribution in [1.82, 2.24) is 5.32 Å². The van der Waals surface area contributed by atoms with E-state index in [2.05, 4.69) is 12.2 Å². The molecule has 0 amide bonds. The van der Waals surface area contributed by atoms with Gasteiger partial charge in [-0.25, -0.2) is 0 Å². The molecule has 0 bridgehead atoms. The smallest absolute Gasteiger partial charge is 0.0126 e. The summed E-state index contributed by atoms with van der Waals surface area (Å²) in [5.74, 6) is 3.19. The fraction of sp³-hybridized carbons (Fsp3) is 1.00. The topological polar surface area (TPSA) is 12.0 Å². The monoisotopic (exact) mass is 193 g/mol. The van der Waals surface area contributed by atoms with Gasteiger partial charge in [0.1, 0.15) is 0 Å². The lowest BCUT2D eigenvalue weighted by Crippen LogP contribution is -2.35. The van der Waals surface area contributed by atoms with Crippen LogP contribution in [0.5, 0.6) is 0 Å². The highest BCUT2D eigenvalue weighted by atomic mass is 15.0. The summed E-state index contributed by atoms with van der Waals surface area (Å²) in [4.78, 5) is 0. The van der Waals surface area contributed by atoms with Crippen molar-refractivity contribution in [3.8, 4) is 0 Å². The van der Waals surface area contributed by atoms with Crippen LogP contribution in [0.1, 0.15) is 51.9 Å². The highest BCUT2D eigenvalue weighted by Crippen LogP contribution is 2.46. The molecule has 0 spiro atoms. The van der Waals surface area contributed by atoms with Crippen LogP contribution in [0.15, 0.2) is 0 Å². The second kappa shape index (κ2) is 3.52. The lowest BCUT2D eigenvalue weighted by atomic mass is 10.1. The summed E-state index contributed by atoms with van der Waals surface area (Å²) < 4.78 is 0. The third-order valence-corrected chi connectivity index (χ3v) is 4.25. The molecular formula is C13H23N. The Morgan fingerprint density at radius 2 is 1.79 bits per heavy atom. The fourth-order valence-electron chi connectivity index (χ4n) is 2.96. The first-order chi connectivity index (χ1) is 6.88. The molecule has 0 aromatic heterocycles. The minimum atomic E-state index is 0.918. The van der Waals surface area contributed by atoms with Crippen molar-refractivity contribution in [3.63, 3.8) is 0 Å². The van der Waals surface area contributed by atoms with Crippen molar-refractivity contribution in [1.29, 1.82) is 0 Å². The molecule has 2 unspecified atom stereocenters. The summed E-state index contributed by atoms with van der Waals surface area (Å²) in [6, 6.07) is 1.85. The summed E-state index contributed by atoms with van der Waals surface area (Å²) in [5.41, 5.74) is 0. The maximum atomic E-state index is 3.95. The van der Waals surface area contributed by atoms with Crippen LogP contribution in [0, 0.1) is 17.8 Å². The molecule has 3 rings (SSSR count). The van der Waals surface area contributed by atoms with E-state index in [9.17, 15) is 0 Å². The van der Waals surface area contributed by atoms with E-state index in [1.54, 1.807) is 0 Å². The molecule has 80 valence electrons. The Hall–Kier alpha value is -0.0400. The molecule has 14 heavy (non-hydrogen) atoms. The summed E-state index contributed by atoms with van der Waals surface area (Å²) in [7, 11) is 0. The quantitative estimate of drug-likeness (QED) is 0.684. The molecule has 2 atom stereocenters. The van der Waals surface area contributed by atoms with E-state index in [-0.39, 0.29) is 0 Å². The second-order valence-corrected chi connectivity index (χ2v) is 5.76. The highest BCUT2D eigenvalue weighted by molar-refractivity contribution is 5.02. The van der Waals surface area contributed by atoms with Crippen LogP contribution in [0.3, 0.4) is 0 Å². The van der Waals surface area contributed by atoms with Crippen LogP contribution in [-0.4, -0.2) is 12.1 Å². The largest absolute Gasteiger partial charge is 0.310 e. The molecule has 0 aromatic rings. The maximum Gasteiger partial charge on any atom is 0.0126 e. The van der Waals surface area contributed by atoms with E-state index in [0.717, 1.165) is 29.8 Å². The third-order valence-electron chi connectivity index (χ3n) is 4.25. The van der Waals surface area contributed by atoms with E-state index in [4.69, 9.17) is 0 Å². The van der Waals surface area contributed by atoms with E-state index in [1.165, 1.54) is 44.9 Å². The van der Waals surface area contributed by atoms with Crippen molar-refractivity contribution >= 4 is 0 Å². The molecule has 3 aliphatic carbocycles. The van der Waals surface area contributed by atoms with Crippen LogP contribution >= 0.6 is 0 Å². The van der Waals surface area contributed by atoms with E-state index in [1.807, 2.05) is 0 Å². The SMILES string of the molecule is CCCC1CC1NC(C1CC1)C1CC1. The molecule has 3 saturated carbocycles. The Labute approximate surface area is 87.7 Å². The first-order valence-electron chi connectivity index (χ1n) is 6.64. The Morgan fingerprint density at radius 1 is 1.14 bits per heavy atom. The highest BCUT2D eigenvalue weighted by Gasteiger charge is 2.46. The lowest BCUT2D eigenvalue weighted by Gasteiger charge is -2.17. The predicted octanol–water partition coefficient (Wildman–Crippen LogP) is 2.95. The van der Waals surface area contributed by atoms with E-state index >= 15 is 0 Å². The molecule has 0 radical (unpaired) electrons. The molecule has 0 aromatic carbocycles. The van der Waals surface area contributed by atoms with Gasteiger partial charge in [-0.05, 0) is 56.3 Å². The molecule has 0 saturated heterocycles. The van der Waals surface area contributed by atoms with Crippen molar-refractivity contribution in [2.75, 3.05) is 0 Å². The molecular weight excluding hydrogens is 170 g/mol. The van der Waals surface area contributed by atoms with Gasteiger partial charge < -0.3 is 5.32 Å². The van der Waals surface area contributed by atoms with Gasteiger partial charge in [0.15, 0.2) is 0 Å². The van der Waals surface area contributed by atoms with Gasteiger partial charge >= 0.3 is 0 Å². The molecule has 1 N–H and O–H groups in total. The van der Waals surface area contributed by atoms with Gasteiger partial charge in [-0.15, -0.1) is 0 Å². The number of hydrogen-bond donors (Lipinski definition) is 1. The standard InChI is InChI=1S/C13H23N/c1-2-3-11-8-12(11)14-13(9-4-5-9)10-6-7-10/h9-14H,2-8H2,1H3. The molecule has 3 aliphatic rings. The summed E-state index contributed by atoms with van der Waals surface area (Å²) in [6.07, 6.45) is 10.4. The average Bonchev–Trinajstić information content (AvgIpc) is 2.97. The maximum absolute atomic E-state index is 3.95. The Morgan fingerprint density at radius 3 is 2.29 bits per heavy atom. The van der Waals surface area contributed by atoms with Gasteiger partial charge in [-0.1, -0.05) is 13.3 Å². The van der Waals surface area contributed by atoms with Gasteiger partial charge in [0, 0.05) is 12.1 Å². The predicted molar refractivity (Wildman–Crippen MR) is 59.2 cm³/mol. The zero-order valence-electron chi connectivity index (χ0n) is 9.34. The molecule has 1 nitrogen and oxygen atoms in total. The zero-order chi connectivity index (χ0) is 9.54. The van der Waals surface area contributed by atoms with E-state index < -0.39 is 0 Å². The Balaban J connectivity index is 1.46. The van der Waals surface area contributed by atoms with Gasteiger partial charge in [0.2, 0.25) is 0 Å². The molecule has 3 fully saturated rings.